The molecule has 3 nitrogen and oxygen atoms in total. The molecule has 0 atom stereocenters. The van der Waals surface area contributed by atoms with Crippen LogP contribution in [0.3, 0.4) is 0 Å². The predicted octanol–water partition coefficient (Wildman–Crippen LogP) is 13.7. The van der Waals surface area contributed by atoms with E-state index in [1.807, 2.05) is 0 Å². The van der Waals surface area contributed by atoms with Gasteiger partial charge in [0.2, 0.25) is 0 Å². The van der Waals surface area contributed by atoms with Crippen LogP contribution in [0.15, 0.2) is 200 Å². The van der Waals surface area contributed by atoms with Gasteiger partial charge in [-0.2, -0.15) is 0 Å². The summed E-state index contributed by atoms with van der Waals surface area (Å²) in [4.78, 5) is 9.40. The number of fused-ring (bicyclic) bond motifs is 9. The van der Waals surface area contributed by atoms with E-state index in [1.165, 1.54) is 82.8 Å². The zero-order chi connectivity index (χ0) is 36.3. The minimum atomic E-state index is 0.943. The predicted molar refractivity (Wildman–Crippen MR) is 231 cm³/mol. The maximum atomic E-state index is 4.72. The zero-order valence-corrected chi connectivity index (χ0v) is 29.9. The van der Waals surface area contributed by atoms with E-state index in [0.717, 1.165) is 21.8 Å². The Kier molecular flexibility index (Phi) is 7.17. The monoisotopic (exact) mass is 699 g/mol. The van der Waals surface area contributed by atoms with Crippen LogP contribution in [-0.2, 0) is 0 Å². The van der Waals surface area contributed by atoms with Crippen LogP contribution in [0.2, 0.25) is 0 Å². The molecular weight excluding hydrogens is 667 g/mol. The number of rotatable bonds is 5. The number of para-hydroxylation sites is 2. The first kappa shape index (κ1) is 31.2. The summed E-state index contributed by atoms with van der Waals surface area (Å²) in [7, 11) is 0. The van der Waals surface area contributed by atoms with Crippen LogP contribution in [0.4, 0.5) is 0 Å². The number of aromatic nitrogens is 3. The van der Waals surface area contributed by atoms with Crippen molar-refractivity contribution in [1.82, 2.24) is 14.5 Å². The average molecular weight is 700 g/mol. The lowest BCUT2D eigenvalue weighted by molar-refractivity contribution is 1.18. The van der Waals surface area contributed by atoms with Gasteiger partial charge in [0.1, 0.15) is 0 Å². The molecule has 0 aliphatic carbocycles. The first-order chi connectivity index (χ1) is 27.3. The van der Waals surface area contributed by atoms with Gasteiger partial charge in [0.15, 0.2) is 0 Å². The Morgan fingerprint density at radius 2 is 0.727 bits per heavy atom. The Balaban J connectivity index is 0.888. The van der Waals surface area contributed by atoms with Crippen molar-refractivity contribution in [3.8, 4) is 50.2 Å². The summed E-state index contributed by atoms with van der Waals surface area (Å²) in [5.74, 6) is 0. The summed E-state index contributed by atoms with van der Waals surface area (Å²) in [6, 6.07) is 68.1. The second kappa shape index (κ2) is 12.6. The summed E-state index contributed by atoms with van der Waals surface area (Å²) in [6.45, 7) is 0. The molecule has 0 N–H and O–H groups in total. The van der Waals surface area contributed by atoms with Gasteiger partial charge in [-0.3, -0.25) is 9.97 Å². The third-order valence-corrected chi connectivity index (χ3v) is 11.1. The average Bonchev–Trinajstić information content (AvgIpc) is 3.60. The van der Waals surface area contributed by atoms with Crippen molar-refractivity contribution in [2.45, 2.75) is 0 Å². The van der Waals surface area contributed by atoms with Crippen LogP contribution in [0.1, 0.15) is 0 Å². The molecule has 0 saturated heterocycles. The molecule has 0 radical (unpaired) electrons. The zero-order valence-electron chi connectivity index (χ0n) is 29.9. The van der Waals surface area contributed by atoms with E-state index in [0.29, 0.717) is 0 Å². The molecule has 9 aromatic carbocycles. The highest BCUT2D eigenvalue weighted by Gasteiger charge is 2.14. The van der Waals surface area contributed by atoms with Gasteiger partial charge in [-0.15, -0.1) is 0 Å². The summed E-state index contributed by atoms with van der Waals surface area (Å²) in [5, 5.41) is 7.17. The van der Waals surface area contributed by atoms with Crippen LogP contribution in [-0.4, -0.2) is 14.5 Å². The van der Waals surface area contributed by atoms with Crippen molar-refractivity contribution in [3.05, 3.63) is 200 Å². The third kappa shape index (κ3) is 5.20. The Morgan fingerprint density at radius 3 is 1.42 bits per heavy atom. The smallest absolute Gasteiger partial charge is 0.0971 e. The first-order valence-corrected chi connectivity index (χ1v) is 18.7. The molecular formula is C52H33N3. The van der Waals surface area contributed by atoms with E-state index >= 15 is 0 Å². The molecule has 0 fully saturated rings. The van der Waals surface area contributed by atoms with Gasteiger partial charge in [-0.05, 0) is 97.7 Å². The molecule has 0 bridgehead atoms. The highest BCUT2D eigenvalue weighted by atomic mass is 15.0. The van der Waals surface area contributed by atoms with E-state index < -0.39 is 0 Å². The van der Waals surface area contributed by atoms with Gasteiger partial charge in [0.05, 0.1) is 22.1 Å². The summed E-state index contributed by atoms with van der Waals surface area (Å²) in [5.41, 5.74) is 15.1. The van der Waals surface area contributed by atoms with Gasteiger partial charge in [0.25, 0.3) is 0 Å². The molecule has 0 unspecified atom stereocenters. The molecule has 55 heavy (non-hydrogen) atoms. The second-order valence-electron chi connectivity index (χ2n) is 14.2. The molecule has 3 heteroatoms. The van der Waals surface area contributed by atoms with Crippen molar-refractivity contribution in [3.63, 3.8) is 0 Å². The molecule has 11 rings (SSSR count). The van der Waals surface area contributed by atoms with E-state index in [4.69, 9.17) is 4.98 Å². The fourth-order valence-corrected chi connectivity index (χ4v) is 8.41. The van der Waals surface area contributed by atoms with E-state index in [2.05, 4.69) is 198 Å². The molecule has 0 spiro atoms. The number of hydrogen-bond donors (Lipinski definition) is 0. The Morgan fingerprint density at radius 1 is 0.273 bits per heavy atom. The maximum Gasteiger partial charge on any atom is 0.0971 e. The van der Waals surface area contributed by atoms with E-state index in [-0.39, 0.29) is 0 Å². The number of hydrogen-bond acceptors (Lipinski definition) is 2. The summed E-state index contributed by atoms with van der Waals surface area (Å²) in [6.07, 6.45) is 3.55. The van der Waals surface area contributed by atoms with Crippen molar-refractivity contribution in [2.75, 3.05) is 0 Å². The molecule has 11 aromatic rings. The largest absolute Gasteiger partial charge is 0.309 e. The summed E-state index contributed by atoms with van der Waals surface area (Å²) >= 11 is 0. The third-order valence-electron chi connectivity index (χ3n) is 11.1. The van der Waals surface area contributed by atoms with Gasteiger partial charge in [0, 0.05) is 39.6 Å². The normalized spacial score (nSPS) is 11.6. The van der Waals surface area contributed by atoms with Crippen molar-refractivity contribution < 1.29 is 0 Å². The fraction of sp³-hybridized carbons (Fsp3) is 0. The lowest BCUT2D eigenvalue weighted by Crippen LogP contribution is -1.92. The molecule has 2 heterocycles. The van der Waals surface area contributed by atoms with Gasteiger partial charge >= 0.3 is 0 Å². The first-order valence-electron chi connectivity index (χ1n) is 18.7. The van der Waals surface area contributed by atoms with Crippen LogP contribution in [0.5, 0.6) is 0 Å². The van der Waals surface area contributed by atoms with Crippen molar-refractivity contribution in [1.29, 1.82) is 0 Å². The SMILES string of the molecule is c1ccc(-n2c3ccccc3c3cc(-c4cccc(-c5ccc(-c6ccc(-c7ccc8c(c7)c7ccccc7c7nccnc87)cc6)cc5)c4)ccc32)cc1. The highest BCUT2D eigenvalue weighted by molar-refractivity contribution is 6.23. The van der Waals surface area contributed by atoms with Gasteiger partial charge < -0.3 is 4.57 Å². The van der Waals surface area contributed by atoms with Crippen LogP contribution in [0, 0.1) is 0 Å². The van der Waals surface area contributed by atoms with Gasteiger partial charge in [-0.1, -0.05) is 146 Å². The second-order valence-corrected chi connectivity index (χ2v) is 14.2. The van der Waals surface area contributed by atoms with E-state index in [9.17, 15) is 0 Å². The minimum Gasteiger partial charge on any atom is -0.309 e. The standard InChI is InChI=1S/C52H33N3/c1-2-11-42(12-3-1)55-49-16-7-6-14-44(49)48-33-41(26-28-50(48)55)39-10-8-9-38(31-39)36-21-17-34(18-22-36)35-19-23-37(24-20-35)40-25-27-46-47(32-40)43-13-4-5-15-45(43)51-52(46)54-30-29-53-51/h1-33H. The highest BCUT2D eigenvalue weighted by Crippen LogP contribution is 2.38. The van der Waals surface area contributed by atoms with Crippen LogP contribution < -0.4 is 0 Å². The Labute approximate surface area is 318 Å². The van der Waals surface area contributed by atoms with Crippen molar-refractivity contribution >= 4 is 54.4 Å². The molecule has 0 aliphatic rings. The fourth-order valence-electron chi connectivity index (χ4n) is 8.41. The Bertz CT molecular complexity index is 3200. The topological polar surface area (TPSA) is 30.7 Å². The Hall–Kier alpha value is -7.36. The molecule has 256 valence electrons. The summed E-state index contributed by atoms with van der Waals surface area (Å²) < 4.78 is 2.36. The maximum absolute atomic E-state index is 4.72. The molecule has 2 aromatic heterocycles. The van der Waals surface area contributed by atoms with E-state index in [1.54, 1.807) is 12.4 Å². The van der Waals surface area contributed by atoms with Crippen LogP contribution >= 0.6 is 0 Å². The number of nitrogens with zero attached hydrogens (tertiary/aromatic N) is 3. The van der Waals surface area contributed by atoms with Crippen LogP contribution in [0.25, 0.3) is 105 Å². The quantitative estimate of drug-likeness (QED) is 0.167. The molecule has 0 amide bonds. The number of benzene rings is 9. The van der Waals surface area contributed by atoms with Gasteiger partial charge in [-0.25, -0.2) is 0 Å². The lowest BCUT2D eigenvalue weighted by atomic mass is 9.94. The molecule has 0 saturated carbocycles. The lowest BCUT2D eigenvalue weighted by Gasteiger charge is -2.11. The minimum absolute atomic E-state index is 0.943. The van der Waals surface area contributed by atoms with Crippen molar-refractivity contribution in [2.24, 2.45) is 0 Å². The molecule has 0 aliphatic heterocycles.